The number of ether oxygens (including phenoxy) is 1. The van der Waals surface area contributed by atoms with Crippen molar-refractivity contribution in [2.24, 2.45) is 0 Å². The molecule has 0 saturated heterocycles. The fourth-order valence-corrected chi connectivity index (χ4v) is 4.44. The van der Waals surface area contributed by atoms with Gasteiger partial charge in [0.15, 0.2) is 6.61 Å². The molecular weight excluding hydrogens is 443 g/mol. The number of alkyl halides is 3. The van der Waals surface area contributed by atoms with Gasteiger partial charge in [0, 0.05) is 25.0 Å². The van der Waals surface area contributed by atoms with Crippen molar-refractivity contribution < 1.29 is 22.7 Å². The number of hydrogen-bond acceptors (Lipinski definition) is 4. The molecule has 2 heterocycles. The van der Waals surface area contributed by atoms with Gasteiger partial charge in [-0.25, -0.2) is 9.97 Å². The SMILES string of the molecule is CC(C)N1Cc2ccc(-c3cccc(OCC(F)(F)F)c3)cc2C(C)(Cc2cncnc2)C1=O. The van der Waals surface area contributed by atoms with Gasteiger partial charge >= 0.3 is 6.18 Å². The number of carbonyl (C=O) groups excluding carboxylic acids is 1. The molecule has 178 valence electrons. The van der Waals surface area contributed by atoms with Crippen LogP contribution in [-0.4, -0.2) is 39.6 Å². The molecule has 5 nitrogen and oxygen atoms in total. The molecule has 1 amide bonds. The van der Waals surface area contributed by atoms with Crippen LogP contribution in [0.2, 0.25) is 0 Å². The number of hydrogen-bond donors (Lipinski definition) is 0. The molecule has 8 heteroatoms. The molecule has 0 spiro atoms. The third-order valence-corrected chi connectivity index (χ3v) is 6.14. The van der Waals surface area contributed by atoms with E-state index in [1.807, 2.05) is 49.9 Å². The second-order valence-electron chi connectivity index (χ2n) is 9.09. The number of amides is 1. The van der Waals surface area contributed by atoms with Crippen molar-refractivity contribution in [2.75, 3.05) is 6.61 Å². The normalized spacial score (nSPS) is 18.2. The summed E-state index contributed by atoms with van der Waals surface area (Å²) in [5.41, 5.74) is 3.47. The molecule has 3 aromatic rings. The molecule has 1 aromatic heterocycles. The van der Waals surface area contributed by atoms with E-state index in [-0.39, 0.29) is 17.7 Å². The van der Waals surface area contributed by atoms with Crippen LogP contribution in [0.25, 0.3) is 11.1 Å². The van der Waals surface area contributed by atoms with Gasteiger partial charge in [-0.15, -0.1) is 0 Å². The van der Waals surface area contributed by atoms with Crippen LogP contribution in [0.3, 0.4) is 0 Å². The summed E-state index contributed by atoms with van der Waals surface area (Å²) in [5, 5.41) is 0. The first-order chi connectivity index (χ1) is 16.1. The highest BCUT2D eigenvalue weighted by Gasteiger charge is 2.44. The van der Waals surface area contributed by atoms with Crippen LogP contribution >= 0.6 is 0 Å². The van der Waals surface area contributed by atoms with E-state index in [0.717, 1.165) is 22.3 Å². The molecule has 0 fully saturated rings. The fraction of sp³-hybridized carbons (Fsp3) is 0.346. The van der Waals surface area contributed by atoms with Crippen molar-refractivity contribution in [1.82, 2.24) is 14.9 Å². The Morgan fingerprint density at radius 3 is 2.47 bits per heavy atom. The van der Waals surface area contributed by atoms with Crippen molar-refractivity contribution in [1.29, 1.82) is 0 Å². The summed E-state index contributed by atoms with van der Waals surface area (Å²) < 4.78 is 42.6. The molecule has 1 aliphatic heterocycles. The number of carbonyl (C=O) groups is 1. The number of aromatic nitrogens is 2. The highest BCUT2D eigenvalue weighted by Crippen LogP contribution is 2.40. The maximum absolute atomic E-state index is 13.7. The maximum atomic E-state index is 13.7. The van der Waals surface area contributed by atoms with Gasteiger partial charge in [0.25, 0.3) is 0 Å². The molecule has 34 heavy (non-hydrogen) atoms. The standard InChI is InChI=1S/C26H26F3N3O2/c1-17(2)32-14-21-8-7-20(19-5-4-6-22(9-19)34-15-26(27,28)29)10-23(21)25(3,24(32)33)11-18-12-30-16-31-13-18/h4-10,12-13,16-17H,11,14-15H2,1-3H3. The van der Waals surface area contributed by atoms with Crippen LogP contribution < -0.4 is 4.74 Å². The van der Waals surface area contributed by atoms with Crippen LogP contribution in [0.5, 0.6) is 5.75 Å². The molecular formula is C26H26F3N3O2. The number of benzene rings is 2. The highest BCUT2D eigenvalue weighted by molar-refractivity contribution is 5.91. The minimum atomic E-state index is -4.41. The van der Waals surface area contributed by atoms with E-state index in [2.05, 4.69) is 9.97 Å². The monoisotopic (exact) mass is 469 g/mol. The molecule has 0 aliphatic carbocycles. The number of halogens is 3. The van der Waals surface area contributed by atoms with Crippen LogP contribution in [0.15, 0.2) is 61.2 Å². The van der Waals surface area contributed by atoms with Crippen molar-refractivity contribution in [3.05, 3.63) is 77.9 Å². The van der Waals surface area contributed by atoms with Crippen LogP contribution in [0, 0.1) is 0 Å². The van der Waals surface area contributed by atoms with Gasteiger partial charge < -0.3 is 9.64 Å². The van der Waals surface area contributed by atoms with Crippen LogP contribution in [0.4, 0.5) is 13.2 Å². The number of fused-ring (bicyclic) bond motifs is 1. The lowest BCUT2D eigenvalue weighted by molar-refractivity contribution is -0.153. The minimum Gasteiger partial charge on any atom is -0.484 e. The van der Waals surface area contributed by atoms with Crippen LogP contribution in [-0.2, 0) is 23.2 Å². The second kappa shape index (κ2) is 9.08. The molecule has 0 N–H and O–H groups in total. The third-order valence-electron chi connectivity index (χ3n) is 6.14. The summed E-state index contributed by atoms with van der Waals surface area (Å²) in [6, 6.07) is 12.5. The summed E-state index contributed by atoms with van der Waals surface area (Å²) in [4.78, 5) is 23.8. The van der Waals surface area contributed by atoms with Gasteiger partial charge in [-0.05, 0) is 73.2 Å². The maximum Gasteiger partial charge on any atom is 0.422 e. The average molecular weight is 470 g/mol. The average Bonchev–Trinajstić information content (AvgIpc) is 2.80. The molecule has 1 unspecified atom stereocenters. The third kappa shape index (κ3) is 4.90. The van der Waals surface area contributed by atoms with E-state index in [9.17, 15) is 18.0 Å². The quantitative estimate of drug-likeness (QED) is 0.489. The van der Waals surface area contributed by atoms with Crippen molar-refractivity contribution >= 4 is 5.91 Å². The van der Waals surface area contributed by atoms with E-state index >= 15 is 0 Å². The molecule has 0 bridgehead atoms. The molecule has 2 aromatic carbocycles. The molecule has 1 aliphatic rings. The zero-order chi connectivity index (χ0) is 24.5. The van der Waals surface area contributed by atoms with Crippen LogP contribution in [0.1, 0.15) is 37.5 Å². The fourth-order valence-electron chi connectivity index (χ4n) is 4.44. The van der Waals surface area contributed by atoms with Gasteiger partial charge in [0.05, 0.1) is 5.41 Å². The Labute approximate surface area is 196 Å². The van der Waals surface area contributed by atoms with E-state index in [1.165, 1.54) is 12.4 Å². The summed E-state index contributed by atoms with van der Waals surface area (Å²) in [7, 11) is 0. The summed E-state index contributed by atoms with van der Waals surface area (Å²) in [6.45, 7) is 5.08. The molecule has 1 atom stereocenters. The predicted molar refractivity (Wildman–Crippen MR) is 122 cm³/mol. The highest BCUT2D eigenvalue weighted by atomic mass is 19.4. The Balaban J connectivity index is 1.75. The Morgan fingerprint density at radius 1 is 1.09 bits per heavy atom. The Kier molecular flexibility index (Phi) is 6.34. The Hall–Kier alpha value is -3.42. The van der Waals surface area contributed by atoms with Gasteiger partial charge in [0.1, 0.15) is 12.1 Å². The smallest absolute Gasteiger partial charge is 0.422 e. The predicted octanol–water partition coefficient (Wildman–Crippen LogP) is 5.34. The van der Waals surface area contributed by atoms with Gasteiger partial charge in [-0.2, -0.15) is 13.2 Å². The number of nitrogens with zero attached hydrogens (tertiary/aromatic N) is 3. The zero-order valence-electron chi connectivity index (χ0n) is 19.3. The lowest BCUT2D eigenvalue weighted by Crippen LogP contribution is -2.52. The largest absolute Gasteiger partial charge is 0.484 e. The summed E-state index contributed by atoms with van der Waals surface area (Å²) >= 11 is 0. The van der Waals surface area contributed by atoms with E-state index in [0.29, 0.717) is 18.5 Å². The van der Waals surface area contributed by atoms with Crippen molar-refractivity contribution in [3.63, 3.8) is 0 Å². The lowest BCUT2D eigenvalue weighted by atomic mass is 9.71. The van der Waals surface area contributed by atoms with E-state index < -0.39 is 18.2 Å². The summed E-state index contributed by atoms with van der Waals surface area (Å²) in [5.74, 6) is 0.164. The van der Waals surface area contributed by atoms with Gasteiger partial charge in [0.2, 0.25) is 5.91 Å². The lowest BCUT2D eigenvalue weighted by Gasteiger charge is -2.43. The Morgan fingerprint density at radius 2 is 1.79 bits per heavy atom. The van der Waals surface area contributed by atoms with Gasteiger partial charge in [-0.1, -0.05) is 24.3 Å². The molecule has 0 saturated carbocycles. The first kappa shape index (κ1) is 23.7. The van der Waals surface area contributed by atoms with E-state index in [4.69, 9.17) is 4.74 Å². The molecule has 0 radical (unpaired) electrons. The Bertz CT molecular complexity index is 1180. The number of rotatable bonds is 6. The summed E-state index contributed by atoms with van der Waals surface area (Å²) in [6.07, 6.45) is 0.902. The second-order valence-corrected chi connectivity index (χ2v) is 9.09. The van der Waals surface area contributed by atoms with E-state index in [1.54, 1.807) is 24.5 Å². The minimum absolute atomic E-state index is 0.0262. The van der Waals surface area contributed by atoms with Gasteiger partial charge in [-0.3, -0.25) is 4.79 Å². The van der Waals surface area contributed by atoms with Crippen molar-refractivity contribution in [2.45, 2.75) is 51.4 Å². The first-order valence-electron chi connectivity index (χ1n) is 11.1. The molecule has 4 rings (SSSR count). The first-order valence-corrected chi connectivity index (χ1v) is 11.1. The van der Waals surface area contributed by atoms with Crippen molar-refractivity contribution in [3.8, 4) is 16.9 Å². The zero-order valence-corrected chi connectivity index (χ0v) is 19.3. The topological polar surface area (TPSA) is 55.3 Å².